The van der Waals surface area contributed by atoms with E-state index < -0.39 is 0 Å². The van der Waals surface area contributed by atoms with Crippen LogP contribution in [0.15, 0.2) is 0 Å². The molecule has 2 aliphatic carbocycles. The molecular formula is C15H25N. The van der Waals surface area contributed by atoms with Crippen LogP contribution in [0.1, 0.15) is 51.9 Å². The summed E-state index contributed by atoms with van der Waals surface area (Å²) in [5.41, 5.74) is 0. The second-order valence-electron chi connectivity index (χ2n) is 5.86. The number of hydrogen-bond acceptors (Lipinski definition) is 1. The molecule has 2 aliphatic rings. The Kier molecular flexibility index (Phi) is 4.29. The van der Waals surface area contributed by atoms with Crippen LogP contribution < -0.4 is 5.32 Å². The molecule has 0 aromatic carbocycles. The summed E-state index contributed by atoms with van der Waals surface area (Å²) in [6.45, 7) is 3.64. The molecule has 2 fully saturated rings. The molecule has 0 amide bonds. The quantitative estimate of drug-likeness (QED) is 0.700. The predicted octanol–water partition coefficient (Wildman–Crippen LogP) is 3.20. The smallest absolute Gasteiger partial charge is 0.00888 e. The molecule has 0 heterocycles. The molecule has 3 atom stereocenters. The Morgan fingerprint density at radius 3 is 2.69 bits per heavy atom. The summed E-state index contributed by atoms with van der Waals surface area (Å²) in [6, 6.07) is 0.854. The van der Waals surface area contributed by atoms with Gasteiger partial charge in [-0.25, -0.2) is 0 Å². The van der Waals surface area contributed by atoms with E-state index in [4.69, 9.17) is 6.42 Å². The van der Waals surface area contributed by atoms with Gasteiger partial charge in [-0.1, -0.05) is 13.3 Å². The first-order chi connectivity index (χ1) is 7.79. The predicted molar refractivity (Wildman–Crippen MR) is 69.1 cm³/mol. The molecule has 0 aromatic heterocycles. The Morgan fingerprint density at radius 2 is 2.00 bits per heavy atom. The minimum Gasteiger partial charge on any atom is -0.314 e. The van der Waals surface area contributed by atoms with Gasteiger partial charge in [-0.3, -0.25) is 0 Å². The van der Waals surface area contributed by atoms with Crippen molar-refractivity contribution in [2.45, 2.75) is 57.9 Å². The first-order valence-electron chi connectivity index (χ1n) is 6.96. The van der Waals surface area contributed by atoms with E-state index in [-0.39, 0.29) is 0 Å². The fourth-order valence-electron chi connectivity index (χ4n) is 3.06. The van der Waals surface area contributed by atoms with Crippen LogP contribution in [0.25, 0.3) is 0 Å². The second-order valence-corrected chi connectivity index (χ2v) is 5.86. The van der Waals surface area contributed by atoms with E-state index in [9.17, 15) is 0 Å². The molecule has 2 saturated carbocycles. The Bertz CT molecular complexity index is 249. The zero-order chi connectivity index (χ0) is 11.4. The van der Waals surface area contributed by atoms with Crippen LogP contribution in [0.5, 0.6) is 0 Å². The Morgan fingerprint density at radius 1 is 1.19 bits per heavy atom. The highest BCUT2D eigenvalue weighted by Gasteiger charge is 2.29. The maximum absolute atomic E-state index is 5.39. The summed E-state index contributed by atoms with van der Waals surface area (Å²) >= 11 is 0. The lowest BCUT2D eigenvalue weighted by Crippen LogP contribution is -2.33. The van der Waals surface area contributed by atoms with Crippen molar-refractivity contribution >= 4 is 0 Å². The lowest BCUT2D eigenvalue weighted by atomic mass is 9.73. The first-order valence-corrected chi connectivity index (χ1v) is 6.96. The maximum Gasteiger partial charge on any atom is 0.00888 e. The molecule has 16 heavy (non-hydrogen) atoms. The van der Waals surface area contributed by atoms with Crippen molar-refractivity contribution in [3.63, 3.8) is 0 Å². The molecule has 1 heteroatoms. The Hall–Kier alpha value is -0.480. The van der Waals surface area contributed by atoms with E-state index >= 15 is 0 Å². The molecule has 0 aliphatic heterocycles. The largest absolute Gasteiger partial charge is 0.314 e. The number of terminal acetylenes is 1. The molecule has 0 spiro atoms. The zero-order valence-electron chi connectivity index (χ0n) is 10.5. The van der Waals surface area contributed by atoms with E-state index in [2.05, 4.69) is 18.2 Å². The highest BCUT2D eigenvalue weighted by Crippen LogP contribution is 2.36. The average molecular weight is 219 g/mol. The normalized spacial score (nSPS) is 34.6. The van der Waals surface area contributed by atoms with Crippen molar-refractivity contribution in [2.75, 3.05) is 6.54 Å². The fraction of sp³-hybridized carbons (Fsp3) is 0.867. The van der Waals surface area contributed by atoms with Crippen LogP contribution in [0.2, 0.25) is 0 Å². The summed E-state index contributed by atoms with van der Waals surface area (Å²) in [7, 11) is 0. The summed E-state index contributed by atoms with van der Waals surface area (Å²) in [6.07, 6.45) is 14.6. The van der Waals surface area contributed by atoms with Crippen molar-refractivity contribution in [2.24, 2.45) is 17.8 Å². The molecule has 0 saturated heterocycles. The van der Waals surface area contributed by atoms with Crippen molar-refractivity contribution < 1.29 is 0 Å². The molecule has 2 rings (SSSR count). The molecule has 3 unspecified atom stereocenters. The maximum atomic E-state index is 5.39. The van der Waals surface area contributed by atoms with Gasteiger partial charge in [0.15, 0.2) is 0 Å². The average Bonchev–Trinajstić information content (AvgIpc) is 3.09. The highest BCUT2D eigenvalue weighted by atomic mass is 14.9. The van der Waals surface area contributed by atoms with Crippen LogP contribution in [0.4, 0.5) is 0 Å². The van der Waals surface area contributed by atoms with E-state index in [1.165, 1.54) is 45.1 Å². The van der Waals surface area contributed by atoms with Crippen molar-refractivity contribution in [1.82, 2.24) is 5.32 Å². The highest BCUT2D eigenvalue weighted by molar-refractivity contribution is 4.89. The van der Waals surface area contributed by atoms with E-state index in [0.29, 0.717) is 0 Å². The van der Waals surface area contributed by atoms with Crippen molar-refractivity contribution in [1.29, 1.82) is 0 Å². The fourth-order valence-corrected chi connectivity index (χ4v) is 3.06. The number of nitrogens with one attached hydrogen (secondary N) is 1. The SMILES string of the molecule is C#CCCC1CC(C)CCC1CNC1CC1. The van der Waals surface area contributed by atoms with Gasteiger partial charge in [-0.15, -0.1) is 12.3 Å². The summed E-state index contributed by atoms with van der Waals surface area (Å²) < 4.78 is 0. The van der Waals surface area contributed by atoms with Crippen LogP contribution in [-0.2, 0) is 0 Å². The minimum atomic E-state index is 0.854. The molecule has 0 aromatic rings. The topological polar surface area (TPSA) is 12.0 Å². The monoisotopic (exact) mass is 219 g/mol. The third-order valence-electron chi connectivity index (χ3n) is 4.31. The second kappa shape index (κ2) is 5.73. The van der Waals surface area contributed by atoms with Gasteiger partial charge in [0.2, 0.25) is 0 Å². The molecule has 0 radical (unpaired) electrons. The van der Waals surface area contributed by atoms with Gasteiger partial charge in [-0.2, -0.15) is 0 Å². The van der Waals surface area contributed by atoms with Gasteiger partial charge in [-0.05, 0) is 56.4 Å². The van der Waals surface area contributed by atoms with Gasteiger partial charge in [0.1, 0.15) is 0 Å². The van der Waals surface area contributed by atoms with Gasteiger partial charge in [0.25, 0.3) is 0 Å². The minimum absolute atomic E-state index is 0.854. The van der Waals surface area contributed by atoms with Crippen molar-refractivity contribution in [3.05, 3.63) is 0 Å². The molecular weight excluding hydrogens is 194 g/mol. The van der Waals surface area contributed by atoms with Gasteiger partial charge in [0, 0.05) is 12.5 Å². The standard InChI is InChI=1S/C15H25N/c1-3-4-5-13-10-12(2)6-7-14(13)11-16-15-8-9-15/h1,12-16H,4-11H2,2H3. The lowest BCUT2D eigenvalue weighted by molar-refractivity contribution is 0.176. The third kappa shape index (κ3) is 3.52. The zero-order valence-corrected chi connectivity index (χ0v) is 10.5. The van der Waals surface area contributed by atoms with E-state index in [1.54, 1.807) is 0 Å². The Labute approximate surface area is 100 Å². The molecule has 90 valence electrons. The molecule has 1 nitrogen and oxygen atoms in total. The molecule has 1 N–H and O–H groups in total. The third-order valence-corrected chi connectivity index (χ3v) is 4.31. The van der Waals surface area contributed by atoms with E-state index in [0.717, 1.165) is 30.2 Å². The summed E-state index contributed by atoms with van der Waals surface area (Å²) in [5, 5.41) is 3.70. The van der Waals surface area contributed by atoms with Crippen LogP contribution >= 0.6 is 0 Å². The number of hydrogen-bond donors (Lipinski definition) is 1. The van der Waals surface area contributed by atoms with Gasteiger partial charge >= 0.3 is 0 Å². The lowest BCUT2D eigenvalue weighted by Gasteiger charge is -2.35. The summed E-state index contributed by atoms with van der Waals surface area (Å²) in [4.78, 5) is 0. The number of rotatable bonds is 5. The molecule has 0 bridgehead atoms. The Balaban J connectivity index is 1.78. The summed E-state index contributed by atoms with van der Waals surface area (Å²) in [5.74, 6) is 5.50. The van der Waals surface area contributed by atoms with Crippen LogP contribution in [0, 0.1) is 30.1 Å². The van der Waals surface area contributed by atoms with Crippen LogP contribution in [-0.4, -0.2) is 12.6 Å². The van der Waals surface area contributed by atoms with Crippen LogP contribution in [0.3, 0.4) is 0 Å². The van der Waals surface area contributed by atoms with Gasteiger partial charge < -0.3 is 5.32 Å². The first kappa shape index (κ1) is 12.0. The van der Waals surface area contributed by atoms with Crippen molar-refractivity contribution in [3.8, 4) is 12.3 Å². The van der Waals surface area contributed by atoms with Gasteiger partial charge in [0.05, 0.1) is 0 Å². The van der Waals surface area contributed by atoms with E-state index in [1.807, 2.05) is 0 Å².